The van der Waals surface area contributed by atoms with Crippen LogP contribution in [0.3, 0.4) is 0 Å². The minimum absolute atomic E-state index is 0.111. The van der Waals surface area contributed by atoms with Crippen LogP contribution in [0, 0.1) is 11.3 Å². The molecule has 27 heavy (non-hydrogen) atoms. The van der Waals surface area contributed by atoms with Crippen LogP contribution in [0.4, 0.5) is 0 Å². The Balaban J connectivity index is -0.000000138. The van der Waals surface area contributed by atoms with Crippen LogP contribution in [-0.2, 0) is 23.9 Å². The Morgan fingerprint density at radius 2 is 1.56 bits per heavy atom. The number of halogens is 2. The van der Waals surface area contributed by atoms with E-state index in [0.29, 0.717) is 5.57 Å². The van der Waals surface area contributed by atoms with Crippen molar-refractivity contribution >= 4 is 41.1 Å². The number of nitrogens with zero attached hydrogens (tertiary/aromatic N) is 1. The van der Waals surface area contributed by atoms with E-state index in [1.807, 2.05) is 0 Å². The highest BCUT2D eigenvalue weighted by molar-refractivity contribution is 6.55. The molecule has 0 aromatic carbocycles. The number of carboxylic acid groups (broad SMARTS) is 1. The van der Waals surface area contributed by atoms with Gasteiger partial charge in [-0.2, -0.15) is 5.26 Å². The van der Waals surface area contributed by atoms with E-state index in [1.165, 1.54) is 39.4 Å². The number of carbonyl (C=O) groups is 3. The molecular formula is C18H23Cl2NO6. The van der Waals surface area contributed by atoms with Gasteiger partial charge in [0, 0.05) is 23.3 Å². The van der Waals surface area contributed by atoms with E-state index in [-0.39, 0.29) is 16.0 Å². The SMILES string of the molecule is C=C(C)C(=O)OC.C=C(Cl)Cl.C=CC(=O)OC.CC(=CC=CC#N)C(=O)O. The topological polar surface area (TPSA) is 114 Å². The number of hydrogen-bond acceptors (Lipinski definition) is 6. The highest BCUT2D eigenvalue weighted by Gasteiger charge is 1.95. The van der Waals surface area contributed by atoms with Crippen LogP contribution >= 0.6 is 23.2 Å². The fourth-order valence-corrected chi connectivity index (χ4v) is 0.564. The molecule has 0 aromatic heterocycles. The zero-order valence-electron chi connectivity index (χ0n) is 15.6. The third kappa shape index (κ3) is 39.7. The van der Waals surface area contributed by atoms with Crippen molar-refractivity contribution < 1.29 is 29.0 Å². The first-order valence-corrected chi connectivity index (χ1v) is 7.57. The molecule has 0 saturated carbocycles. The minimum atomic E-state index is -0.970. The molecule has 0 bridgehead atoms. The molecule has 0 aliphatic heterocycles. The van der Waals surface area contributed by atoms with Crippen molar-refractivity contribution in [2.75, 3.05) is 14.2 Å². The molecule has 0 spiro atoms. The van der Waals surface area contributed by atoms with Crippen molar-refractivity contribution in [1.29, 1.82) is 5.26 Å². The Kier molecular flexibility index (Phi) is 27.4. The van der Waals surface area contributed by atoms with Crippen LogP contribution in [-0.4, -0.2) is 37.2 Å². The Labute approximate surface area is 169 Å². The monoisotopic (exact) mass is 419 g/mol. The average molecular weight is 420 g/mol. The fourth-order valence-electron chi connectivity index (χ4n) is 0.564. The maximum Gasteiger partial charge on any atom is 0.332 e. The van der Waals surface area contributed by atoms with Crippen LogP contribution < -0.4 is 0 Å². The number of nitriles is 1. The predicted octanol–water partition coefficient (Wildman–Crippen LogP) is 4.11. The van der Waals surface area contributed by atoms with Gasteiger partial charge in [-0.05, 0) is 13.8 Å². The largest absolute Gasteiger partial charge is 0.478 e. The summed E-state index contributed by atoms with van der Waals surface area (Å²) in [6.07, 6.45) is 5.08. The smallest absolute Gasteiger partial charge is 0.332 e. The van der Waals surface area contributed by atoms with Gasteiger partial charge in [0.15, 0.2) is 0 Å². The number of methoxy groups -OCH3 is 2. The van der Waals surface area contributed by atoms with Gasteiger partial charge in [0.05, 0.1) is 24.8 Å². The summed E-state index contributed by atoms with van der Waals surface area (Å²) in [4.78, 5) is 30.1. The number of rotatable bonds is 4. The minimum Gasteiger partial charge on any atom is -0.478 e. The number of esters is 2. The number of aliphatic carboxylic acids is 1. The maximum absolute atomic E-state index is 10.2. The number of carboxylic acids is 1. The van der Waals surface area contributed by atoms with Crippen molar-refractivity contribution in [3.8, 4) is 6.07 Å². The van der Waals surface area contributed by atoms with E-state index in [9.17, 15) is 14.4 Å². The van der Waals surface area contributed by atoms with E-state index in [2.05, 4.69) is 29.2 Å². The standard InChI is InChI=1S/C7H7NO2.C5H8O2.C4H6O2.C2H2Cl2/c1-6(7(9)10)4-2-3-5-8;1-4(2)5(6)7-3;1-3-4(5)6-2;1-2(3)4/h2-4H,1H3,(H,9,10);1H2,2-3H3;3H,1H2,2H3;1H2. The molecule has 7 nitrogen and oxygen atoms in total. The van der Waals surface area contributed by atoms with E-state index in [0.717, 1.165) is 6.08 Å². The third-order valence-electron chi connectivity index (χ3n) is 1.76. The number of hydrogen-bond donors (Lipinski definition) is 1. The molecule has 9 heteroatoms. The van der Waals surface area contributed by atoms with Gasteiger partial charge in [-0.15, -0.1) is 0 Å². The summed E-state index contributed by atoms with van der Waals surface area (Å²) in [6, 6.07) is 1.74. The second-order valence-electron chi connectivity index (χ2n) is 3.98. The average Bonchev–Trinajstić information content (AvgIpc) is 2.60. The highest BCUT2D eigenvalue weighted by Crippen LogP contribution is 1.98. The Bertz CT molecular complexity index is 612. The van der Waals surface area contributed by atoms with E-state index in [1.54, 1.807) is 13.0 Å². The molecule has 0 rings (SSSR count). The lowest BCUT2D eigenvalue weighted by atomic mass is 10.3. The quantitative estimate of drug-likeness (QED) is 0.315. The van der Waals surface area contributed by atoms with Gasteiger partial charge in [-0.25, -0.2) is 14.4 Å². The van der Waals surface area contributed by atoms with Crippen LogP contribution in [0.15, 0.2) is 59.7 Å². The third-order valence-corrected chi connectivity index (χ3v) is 1.76. The first-order valence-electron chi connectivity index (χ1n) is 6.81. The first kappa shape index (κ1) is 31.9. The van der Waals surface area contributed by atoms with Crippen LogP contribution in [0.1, 0.15) is 13.8 Å². The molecule has 0 unspecified atom stereocenters. The number of allylic oxidation sites excluding steroid dienone is 3. The van der Waals surface area contributed by atoms with Crippen LogP contribution in [0.5, 0.6) is 0 Å². The Morgan fingerprint density at radius 1 is 1.11 bits per heavy atom. The zero-order chi connectivity index (χ0) is 22.4. The van der Waals surface area contributed by atoms with Gasteiger partial charge in [0.2, 0.25) is 0 Å². The molecule has 0 fully saturated rings. The van der Waals surface area contributed by atoms with Gasteiger partial charge in [0.1, 0.15) is 0 Å². The lowest BCUT2D eigenvalue weighted by molar-refractivity contribution is -0.136. The second kappa shape index (κ2) is 23.2. The van der Waals surface area contributed by atoms with Gasteiger partial charge in [-0.3, -0.25) is 0 Å². The molecule has 0 aliphatic rings. The summed E-state index contributed by atoms with van der Waals surface area (Å²) in [6.45, 7) is 12.7. The van der Waals surface area contributed by atoms with Gasteiger partial charge < -0.3 is 14.6 Å². The van der Waals surface area contributed by atoms with Crippen molar-refractivity contribution in [2.24, 2.45) is 0 Å². The van der Waals surface area contributed by atoms with E-state index in [4.69, 9.17) is 33.6 Å². The molecule has 0 aromatic rings. The summed E-state index contributed by atoms with van der Waals surface area (Å²) in [5.41, 5.74) is 0.647. The van der Waals surface area contributed by atoms with Crippen molar-refractivity contribution in [1.82, 2.24) is 0 Å². The molecule has 0 amide bonds. The normalized spacial score (nSPS) is 8.70. The molecular weight excluding hydrogens is 397 g/mol. The summed E-state index contributed by atoms with van der Waals surface area (Å²) < 4.78 is 8.53. The highest BCUT2D eigenvalue weighted by atomic mass is 35.5. The lowest BCUT2D eigenvalue weighted by Crippen LogP contribution is -1.98. The van der Waals surface area contributed by atoms with Gasteiger partial charge >= 0.3 is 17.9 Å². The molecule has 150 valence electrons. The summed E-state index contributed by atoms with van der Waals surface area (Å²) >= 11 is 9.69. The molecule has 0 saturated heterocycles. The van der Waals surface area contributed by atoms with E-state index >= 15 is 0 Å². The Hall–Kier alpha value is -2.82. The lowest BCUT2D eigenvalue weighted by Gasteiger charge is -1.91. The summed E-state index contributed by atoms with van der Waals surface area (Å²) in [5, 5.41) is 16.3. The van der Waals surface area contributed by atoms with Crippen molar-refractivity contribution in [3.63, 3.8) is 0 Å². The zero-order valence-corrected chi connectivity index (χ0v) is 17.1. The summed E-state index contributed by atoms with van der Waals surface area (Å²) in [7, 11) is 2.64. The molecule has 0 aliphatic carbocycles. The maximum atomic E-state index is 10.2. The number of ether oxygens (including phenoxy) is 2. The van der Waals surface area contributed by atoms with Crippen molar-refractivity contribution in [2.45, 2.75) is 13.8 Å². The first-order chi connectivity index (χ1) is 12.4. The van der Waals surface area contributed by atoms with Gasteiger partial charge in [0.25, 0.3) is 0 Å². The fraction of sp³-hybridized carbons (Fsp3) is 0.222. The number of carbonyl (C=O) groups excluding carboxylic acids is 2. The van der Waals surface area contributed by atoms with Crippen LogP contribution in [0.2, 0.25) is 0 Å². The van der Waals surface area contributed by atoms with E-state index < -0.39 is 11.9 Å². The summed E-state index contributed by atoms with van der Waals surface area (Å²) in [5.74, 6) is -1.71. The molecule has 0 atom stereocenters. The second-order valence-corrected chi connectivity index (χ2v) is 5.09. The van der Waals surface area contributed by atoms with Gasteiger partial charge in [-0.1, -0.05) is 55.1 Å². The molecule has 1 N–H and O–H groups in total. The van der Waals surface area contributed by atoms with Crippen LogP contribution in [0.25, 0.3) is 0 Å². The molecule has 0 heterocycles. The predicted molar refractivity (Wildman–Crippen MR) is 106 cm³/mol. The molecule has 0 radical (unpaired) electrons. The van der Waals surface area contributed by atoms with Crippen molar-refractivity contribution in [3.05, 3.63) is 59.7 Å². The Morgan fingerprint density at radius 3 is 1.70 bits per heavy atom.